The van der Waals surface area contributed by atoms with Gasteiger partial charge in [0, 0.05) is 0 Å². The second kappa shape index (κ2) is 23.6. The number of halogens is 2. The SMILES string of the molecule is CCCCCCCCCCCCNCCCN.Cl.Cl. The molecule has 0 aromatic rings. The van der Waals surface area contributed by atoms with E-state index < -0.39 is 0 Å². The van der Waals surface area contributed by atoms with Crippen LogP contribution in [0, 0.1) is 0 Å². The monoisotopic (exact) mass is 314 g/mol. The minimum atomic E-state index is 0. The van der Waals surface area contributed by atoms with Crippen LogP contribution in [-0.2, 0) is 0 Å². The van der Waals surface area contributed by atoms with Crippen molar-refractivity contribution in [3.8, 4) is 0 Å². The predicted molar refractivity (Wildman–Crippen MR) is 92.9 cm³/mol. The van der Waals surface area contributed by atoms with Crippen molar-refractivity contribution < 1.29 is 0 Å². The van der Waals surface area contributed by atoms with Crippen LogP contribution in [0.25, 0.3) is 0 Å². The van der Waals surface area contributed by atoms with Crippen molar-refractivity contribution in [3.63, 3.8) is 0 Å². The molecule has 120 valence electrons. The fourth-order valence-electron chi connectivity index (χ4n) is 2.09. The van der Waals surface area contributed by atoms with Gasteiger partial charge in [0.2, 0.25) is 0 Å². The van der Waals surface area contributed by atoms with Crippen LogP contribution in [0.15, 0.2) is 0 Å². The summed E-state index contributed by atoms with van der Waals surface area (Å²) in [6.45, 7) is 5.36. The van der Waals surface area contributed by atoms with Crippen molar-refractivity contribution in [1.82, 2.24) is 5.32 Å². The summed E-state index contributed by atoms with van der Waals surface area (Å²) in [5, 5.41) is 3.43. The molecule has 0 heterocycles. The van der Waals surface area contributed by atoms with E-state index in [1.807, 2.05) is 0 Å². The van der Waals surface area contributed by atoms with Gasteiger partial charge in [0.15, 0.2) is 0 Å². The molecule has 0 unspecified atom stereocenters. The summed E-state index contributed by atoms with van der Waals surface area (Å²) in [6.07, 6.45) is 15.3. The van der Waals surface area contributed by atoms with E-state index in [4.69, 9.17) is 5.73 Å². The zero-order valence-electron chi connectivity index (χ0n) is 12.8. The summed E-state index contributed by atoms with van der Waals surface area (Å²) in [5.41, 5.74) is 5.43. The molecular formula is C15H36Cl2N2. The van der Waals surface area contributed by atoms with Crippen LogP contribution in [0.5, 0.6) is 0 Å². The van der Waals surface area contributed by atoms with Crippen molar-refractivity contribution in [1.29, 1.82) is 0 Å². The average molecular weight is 315 g/mol. The topological polar surface area (TPSA) is 38.0 Å². The third-order valence-corrected chi connectivity index (χ3v) is 3.26. The molecule has 0 aliphatic rings. The molecule has 0 aliphatic heterocycles. The van der Waals surface area contributed by atoms with Gasteiger partial charge in [-0.3, -0.25) is 0 Å². The van der Waals surface area contributed by atoms with E-state index in [0.717, 1.165) is 19.5 Å². The fourth-order valence-corrected chi connectivity index (χ4v) is 2.09. The highest BCUT2D eigenvalue weighted by Gasteiger charge is 1.92. The fraction of sp³-hybridized carbons (Fsp3) is 1.00. The van der Waals surface area contributed by atoms with Crippen LogP contribution in [0.1, 0.15) is 77.6 Å². The molecule has 0 aromatic carbocycles. The number of nitrogens with one attached hydrogen (secondary N) is 1. The highest BCUT2D eigenvalue weighted by atomic mass is 35.5. The molecule has 0 spiro atoms. The Morgan fingerprint density at radius 1 is 0.632 bits per heavy atom. The van der Waals surface area contributed by atoms with Crippen molar-refractivity contribution in [3.05, 3.63) is 0 Å². The van der Waals surface area contributed by atoms with Crippen molar-refractivity contribution in [2.24, 2.45) is 5.73 Å². The Hall–Kier alpha value is 0.500. The number of nitrogens with two attached hydrogens (primary N) is 1. The van der Waals surface area contributed by atoms with Gasteiger partial charge in [0.25, 0.3) is 0 Å². The molecule has 0 saturated heterocycles. The molecule has 19 heavy (non-hydrogen) atoms. The second-order valence-corrected chi connectivity index (χ2v) is 5.07. The van der Waals surface area contributed by atoms with E-state index in [2.05, 4.69) is 12.2 Å². The zero-order chi connectivity index (χ0) is 12.6. The molecule has 0 aliphatic carbocycles. The van der Waals surface area contributed by atoms with Crippen LogP contribution in [0.2, 0.25) is 0 Å². The van der Waals surface area contributed by atoms with Crippen LogP contribution in [-0.4, -0.2) is 19.6 Å². The van der Waals surface area contributed by atoms with E-state index in [-0.39, 0.29) is 24.8 Å². The van der Waals surface area contributed by atoms with Gasteiger partial charge in [-0.2, -0.15) is 0 Å². The molecule has 0 saturated carbocycles. The molecule has 4 heteroatoms. The largest absolute Gasteiger partial charge is 0.330 e. The van der Waals surface area contributed by atoms with Gasteiger partial charge >= 0.3 is 0 Å². The van der Waals surface area contributed by atoms with E-state index in [1.165, 1.54) is 70.8 Å². The van der Waals surface area contributed by atoms with Gasteiger partial charge in [0.05, 0.1) is 0 Å². The summed E-state index contributed by atoms with van der Waals surface area (Å²) in [6, 6.07) is 0. The molecule has 0 bridgehead atoms. The van der Waals surface area contributed by atoms with Crippen LogP contribution in [0.4, 0.5) is 0 Å². The first-order chi connectivity index (χ1) is 8.41. The molecule has 0 radical (unpaired) electrons. The van der Waals surface area contributed by atoms with Gasteiger partial charge in [0.1, 0.15) is 0 Å². The lowest BCUT2D eigenvalue weighted by atomic mass is 10.1. The Balaban J connectivity index is -0.00000128. The van der Waals surface area contributed by atoms with Gasteiger partial charge in [-0.25, -0.2) is 0 Å². The minimum Gasteiger partial charge on any atom is -0.330 e. The normalized spacial score (nSPS) is 9.79. The Kier molecular flexibility index (Phi) is 30.4. The lowest BCUT2D eigenvalue weighted by molar-refractivity contribution is 0.541. The maximum atomic E-state index is 5.43. The molecule has 3 N–H and O–H groups in total. The van der Waals surface area contributed by atoms with Crippen LogP contribution >= 0.6 is 24.8 Å². The van der Waals surface area contributed by atoms with Gasteiger partial charge < -0.3 is 11.1 Å². The van der Waals surface area contributed by atoms with Gasteiger partial charge in [-0.15, -0.1) is 24.8 Å². The smallest absolute Gasteiger partial charge is 0.00369 e. The quantitative estimate of drug-likeness (QED) is 0.456. The number of unbranched alkanes of at least 4 members (excludes halogenated alkanes) is 9. The van der Waals surface area contributed by atoms with E-state index in [0.29, 0.717) is 0 Å². The van der Waals surface area contributed by atoms with Crippen molar-refractivity contribution >= 4 is 24.8 Å². The first kappa shape index (κ1) is 24.5. The molecule has 0 fully saturated rings. The zero-order valence-corrected chi connectivity index (χ0v) is 14.4. The van der Waals surface area contributed by atoms with Crippen LogP contribution in [0.3, 0.4) is 0 Å². The predicted octanol–water partition coefficient (Wildman–Crippen LogP) is 4.69. The summed E-state index contributed by atoms with van der Waals surface area (Å²) >= 11 is 0. The summed E-state index contributed by atoms with van der Waals surface area (Å²) in [5.74, 6) is 0. The van der Waals surface area contributed by atoms with Gasteiger partial charge in [-0.1, -0.05) is 64.7 Å². The highest BCUT2D eigenvalue weighted by molar-refractivity contribution is 5.85. The lowest BCUT2D eigenvalue weighted by Gasteiger charge is -2.04. The minimum absolute atomic E-state index is 0. The number of hydrogen-bond acceptors (Lipinski definition) is 2. The molecule has 2 nitrogen and oxygen atoms in total. The number of rotatable bonds is 14. The van der Waals surface area contributed by atoms with E-state index in [9.17, 15) is 0 Å². The van der Waals surface area contributed by atoms with Crippen LogP contribution < -0.4 is 11.1 Å². The van der Waals surface area contributed by atoms with E-state index >= 15 is 0 Å². The Bertz CT molecular complexity index is 121. The summed E-state index contributed by atoms with van der Waals surface area (Å²) in [4.78, 5) is 0. The maximum Gasteiger partial charge on any atom is -0.00369 e. The Labute approximate surface area is 133 Å². The number of hydrogen-bond donors (Lipinski definition) is 2. The Morgan fingerprint density at radius 2 is 1.05 bits per heavy atom. The van der Waals surface area contributed by atoms with E-state index in [1.54, 1.807) is 0 Å². The molecule has 0 amide bonds. The molecule has 0 rings (SSSR count). The lowest BCUT2D eigenvalue weighted by Crippen LogP contribution is -2.19. The van der Waals surface area contributed by atoms with Crippen molar-refractivity contribution in [2.45, 2.75) is 77.6 Å². The second-order valence-electron chi connectivity index (χ2n) is 5.07. The Morgan fingerprint density at radius 3 is 1.53 bits per heavy atom. The maximum absolute atomic E-state index is 5.43. The third kappa shape index (κ3) is 24.0. The third-order valence-electron chi connectivity index (χ3n) is 3.26. The first-order valence-electron chi connectivity index (χ1n) is 7.82. The molecular weight excluding hydrogens is 279 g/mol. The standard InChI is InChI=1S/C15H34N2.2ClH/c1-2-3-4-5-6-7-8-9-10-11-14-17-15-12-13-16;;/h17H,2-16H2,1H3;2*1H. The molecule has 0 aromatic heterocycles. The highest BCUT2D eigenvalue weighted by Crippen LogP contribution is 2.10. The first-order valence-corrected chi connectivity index (χ1v) is 7.82. The van der Waals surface area contributed by atoms with Crippen molar-refractivity contribution in [2.75, 3.05) is 19.6 Å². The average Bonchev–Trinajstić information content (AvgIpc) is 2.35. The molecule has 0 atom stereocenters. The summed E-state index contributed by atoms with van der Waals surface area (Å²) < 4.78 is 0. The van der Waals surface area contributed by atoms with Gasteiger partial charge in [-0.05, 0) is 32.5 Å². The summed E-state index contributed by atoms with van der Waals surface area (Å²) in [7, 11) is 0.